The highest BCUT2D eigenvalue weighted by atomic mass is 79.9. The largest absolute Gasteiger partial charge is 0.451 e. The second kappa shape index (κ2) is 7.15. The van der Waals surface area contributed by atoms with E-state index in [-0.39, 0.29) is 5.78 Å². The summed E-state index contributed by atoms with van der Waals surface area (Å²) in [5.41, 5.74) is 1.40. The third kappa shape index (κ3) is 3.66. The summed E-state index contributed by atoms with van der Waals surface area (Å²) in [5.74, 6) is -0.770. The van der Waals surface area contributed by atoms with E-state index in [1.54, 1.807) is 19.2 Å². The fourth-order valence-electron chi connectivity index (χ4n) is 2.33. The van der Waals surface area contributed by atoms with Crippen molar-refractivity contribution in [2.24, 2.45) is 0 Å². The smallest absolute Gasteiger partial charge is 0.331 e. The standard InChI is InChI=1S/C18H14BrNO3S/c1-11(23-17(21)9-7-12-6-8-16(19)24-12)18(22)14-10-20-15-5-3-2-4-13(14)15/h2-11,20H,1H3/b9-7+/t11-/m0/s1. The van der Waals surface area contributed by atoms with E-state index in [9.17, 15) is 9.59 Å². The Morgan fingerprint density at radius 3 is 2.79 bits per heavy atom. The van der Waals surface area contributed by atoms with Crippen molar-refractivity contribution in [3.05, 3.63) is 62.9 Å². The van der Waals surface area contributed by atoms with E-state index in [1.807, 2.05) is 36.4 Å². The maximum Gasteiger partial charge on any atom is 0.331 e. The van der Waals surface area contributed by atoms with Crippen molar-refractivity contribution < 1.29 is 14.3 Å². The number of ketones is 1. The number of aromatic nitrogens is 1. The number of aromatic amines is 1. The van der Waals surface area contributed by atoms with Crippen molar-refractivity contribution in [3.8, 4) is 0 Å². The molecule has 0 aliphatic rings. The summed E-state index contributed by atoms with van der Waals surface area (Å²) in [5, 5.41) is 0.823. The first-order chi connectivity index (χ1) is 11.5. The first kappa shape index (κ1) is 16.7. The molecule has 0 radical (unpaired) electrons. The lowest BCUT2D eigenvalue weighted by Gasteiger charge is -2.10. The molecule has 2 heterocycles. The first-order valence-corrected chi connectivity index (χ1v) is 8.90. The summed E-state index contributed by atoms with van der Waals surface area (Å²) in [6.45, 7) is 1.58. The van der Waals surface area contributed by atoms with Crippen molar-refractivity contribution >= 4 is 56.0 Å². The second-order valence-electron chi connectivity index (χ2n) is 5.17. The van der Waals surface area contributed by atoms with E-state index in [4.69, 9.17) is 4.74 Å². The van der Waals surface area contributed by atoms with Gasteiger partial charge in [0.15, 0.2) is 6.10 Å². The van der Waals surface area contributed by atoms with Crippen molar-refractivity contribution in [2.45, 2.75) is 13.0 Å². The van der Waals surface area contributed by atoms with E-state index in [0.29, 0.717) is 5.56 Å². The molecule has 0 aliphatic heterocycles. The zero-order valence-electron chi connectivity index (χ0n) is 12.8. The number of carbonyl (C=O) groups excluding carboxylic acids is 2. The SMILES string of the molecule is C[C@H](OC(=O)/C=C/c1ccc(Br)s1)C(=O)c1c[nH]c2ccccc12. The highest BCUT2D eigenvalue weighted by Crippen LogP contribution is 2.23. The Morgan fingerprint density at radius 1 is 1.25 bits per heavy atom. The summed E-state index contributed by atoms with van der Waals surface area (Å²) in [7, 11) is 0. The first-order valence-electron chi connectivity index (χ1n) is 7.29. The predicted octanol–water partition coefficient (Wildman–Crippen LogP) is 4.82. The van der Waals surface area contributed by atoms with Crippen molar-refractivity contribution in [1.29, 1.82) is 0 Å². The summed E-state index contributed by atoms with van der Waals surface area (Å²) in [6, 6.07) is 11.3. The molecule has 3 aromatic rings. The van der Waals surface area contributed by atoms with Gasteiger partial charge in [0.2, 0.25) is 5.78 Å². The molecular formula is C18H14BrNO3S. The molecule has 0 saturated carbocycles. The number of H-pyrrole nitrogens is 1. The fraction of sp³-hybridized carbons (Fsp3) is 0.111. The van der Waals surface area contributed by atoms with Crippen LogP contribution in [0.5, 0.6) is 0 Å². The molecule has 6 heteroatoms. The van der Waals surface area contributed by atoms with Crippen LogP contribution in [-0.2, 0) is 9.53 Å². The van der Waals surface area contributed by atoms with Crippen LogP contribution in [0.2, 0.25) is 0 Å². The van der Waals surface area contributed by atoms with Gasteiger partial charge >= 0.3 is 5.97 Å². The van der Waals surface area contributed by atoms with E-state index < -0.39 is 12.1 Å². The molecule has 24 heavy (non-hydrogen) atoms. The van der Waals surface area contributed by atoms with Gasteiger partial charge < -0.3 is 9.72 Å². The summed E-state index contributed by atoms with van der Waals surface area (Å²) in [4.78, 5) is 28.4. The number of Topliss-reactive ketones (excluding diaryl/α,β-unsaturated/α-hetero) is 1. The molecule has 0 amide bonds. The number of hydrogen-bond donors (Lipinski definition) is 1. The van der Waals surface area contributed by atoms with Crippen LogP contribution in [0.25, 0.3) is 17.0 Å². The molecule has 122 valence electrons. The molecule has 0 fully saturated rings. The zero-order chi connectivity index (χ0) is 17.1. The van der Waals surface area contributed by atoms with Gasteiger partial charge in [0, 0.05) is 33.6 Å². The number of hydrogen-bond acceptors (Lipinski definition) is 4. The number of carbonyl (C=O) groups is 2. The van der Waals surface area contributed by atoms with Gasteiger partial charge in [-0.15, -0.1) is 11.3 Å². The Bertz CT molecular complexity index is 925. The number of nitrogens with one attached hydrogen (secondary N) is 1. The molecule has 1 atom stereocenters. The highest BCUT2D eigenvalue weighted by Gasteiger charge is 2.21. The number of thiophene rings is 1. The number of ether oxygens (including phenoxy) is 1. The molecule has 0 aliphatic carbocycles. The van der Waals surface area contributed by atoms with Gasteiger partial charge in [-0.3, -0.25) is 4.79 Å². The van der Waals surface area contributed by atoms with Gasteiger partial charge in [-0.1, -0.05) is 18.2 Å². The summed E-state index contributed by atoms with van der Waals surface area (Å²) < 4.78 is 6.20. The van der Waals surface area contributed by atoms with Crippen LogP contribution in [-0.4, -0.2) is 22.8 Å². The van der Waals surface area contributed by atoms with E-state index in [0.717, 1.165) is 19.6 Å². The monoisotopic (exact) mass is 403 g/mol. The third-order valence-corrected chi connectivity index (χ3v) is 5.08. The minimum atomic E-state index is -0.851. The Kier molecular flexibility index (Phi) is 4.97. The van der Waals surface area contributed by atoms with Gasteiger partial charge in [0.25, 0.3) is 0 Å². The Morgan fingerprint density at radius 2 is 2.04 bits per heavy atom. The maximum atomic E-state index is 12.5. The minimum Gasteiger partial charge on any atom is -0.451 e. The lowest BCUT2D eigenvalue weighted by molar-refractivity contribution is -0.140. The molecular weight excluding hydrogens is 390 g/mol. The van der Waals surface area contributed by atoms with Gasteiger partial charge in [0.1, 0.15) is 0 Å². The molecule has 0 bridgehead atoms. The number of para-hydroxylation sites is 1. The third-order valence-electron chi connectivity index (χ3n) is 3.49. The number of benzene rings is 1. The van der Waals surface area contributed by atoms with Crippen molar-refractivity contribution in [2.75, 3.05) is 0 Å². The number of fused-ring (bicyclic) bond motifs is 1. The van der Waals surface area contributed by atoms with Crippen LogP contribution >= 0.6 is 27.3 Å². The predicted molar refractivity (Wildman–Crippen MR) is 99.2 cm³/mol. The van der Waals surface area contributed by atoms with Crippen LogP contribution in [0.15, 0.2) is 52.5 Å². The lowest BCUT2D eigenvalue weighted by Crippen LogP contribution is -2.23. The summed E-state index contributed by atoms with van der Waals surface area (Å²) in [6.07, 6.45) is 3.80. The Labute approximate surface area is 151 Å². The van der Waals surface area contributed by atoms with Crippen LogP contribution in [0, 0.1) is 0 Å². The van der Waals surface area contributed by atoms with E-state index in [2.05, 4.69) is 20.9 Å². The van der Waals surface area contributed by atoms with Gasteiger partial charge in [-0.2, -0.15) is 0 Å². The lowest BCUT2D eigenvalue weighted by atomic mass is 10.1. The molecule has 0 unspecified atom stereocenters. The van der Waals surface area contributed by atoms with Crippen molar-refractivity contribution in [1.82, 2.24) is 4.98 Å². The van der Waals surface area contributed by atoms with Gasteiger partial charge in [-0.05, 0) is 47.1 Å². The van der Waals surface area contributed by atoms with Crippen LogP contribution < -0.4 is 0 Å². The van der Waals surface area contributed by atoms with Crippen LogP contribution in [0.4, 0.5) is 0 Å². The quantitative estimate of drug-likeness (QED) is 0.377. The molecule has 2 aromatic heterocycles. The van der Waals surface area contributed by atoms with E-state index in [1.165, 1.54) is 17.4 Å². The Balaban J connectivity index is 1.67. The minimum absolute atomic E-state index is 0.229. The highest BCUT2D eigenvalue weighted by molar-refractivity contribution is 9.11. The average Bonchev–Trinajstić information content (AvgIpc) is 3.18. The molecule has 4 nitrogen and oxygen atoms in total. The second-order valence-corrected chi connectivity index (χ2v) is 7.66. The number of rotatable bonds is 5. The topological polar surface area (TPSA) is 59.2 Å². The van der Waals surface area contributed by atoms with Crippen LogP contribution in [0.1, 0.15) is 22.2 Å². The maximum absolute atomic E-state index is 12.5. The molecule has 0 saturated heterocycles. The number of halogens is 1. The molecule has 0 spiro atoms. The van der Waals surface area contributed by atoms with Gasteiger partial charge in [-0.25, -0.2) is 4.79 Å². The van der Waals surface area contributed by atoms with Gasteiger partial charge in [0.05, 0.1) is 3.79 Å². The normalized spacial score (nSPS) is 12.6. The average molecular weight is 404 g/mol. The molecule has 3 rings (SSSR count). The summed E-state index contributed by atoms with van der Waals surface area (Å²) >= 11 is 4.87. The van der Waals surface area contributed by atoms with Crippen LogP contribution in [0.3, 0.4) is 0 Å². The van der Waals surface area contributed by atoms with E-state index >= 15 is 0 Å². The van der Waals surface area contributed by atoms with Crippen molar-refractivity contribution in [3.63, 3.8) is 0 Å². The fourth-order valence-corrected chi connectivity index (χ4v) is 3.66. The molecule has 1 aromatic carbocycles. The molecule has 1 N–H and O–H groups in total. The number of esters is 1. The zero-order valence-corrected chi connectivity index (χ0v) is 15.2. The Hall–Kier alpha value is -2.18.